The van der Waals surface area contributed by atoms with E-state index < -0.39 is 0 Å². The molecule has 1 aliphatic heterocycles. The van der Waals surface area contributed by atoms with Crippen molar-refractivity contribution < 1.29 is 14.3 Å². The highest BCUT2D eigenvalue weighted by Crippen LogP contribution is 2.31. The summed E-state index contributed by atoms with van der Waals surface area (Å²) in [7, 11) is 3.18. The average molecular weight is 433 g/mol. The fourth-order valence-electron chi connectivity index (χ4n) is 4.04. The van der Waals surface area contributed by atoms with Gasteiger partial charge in [0, 0.05) is 24.7 Å². The zero-order chi connectivity index (χ0) is 22.5. The summed E-state index contributed by atoms with van der Waals surface area (Å²) < 4.78 is 10.7. The van der Waals surface area contributed by atoms with E-state index in [-0.39, 0.29) is 11.8 Å². The van der Waals surface area contributed by atoms with Crippen LogP contribution in [0.4, 0.5) is 11.5 Å². The number of nitrogens with zero attached hydrogens (tertiary/aromatic N) is 3. The van der Waals surface area contributed by atoms with Crippen LogP contribution in [0.5, 0.6) is 11.5 Å². The molecule has 1 aromatic heterocycles. The van der Waals surface area contributed by atoms with E-state index in [1.165, 1.54) is 0 Å². The Morgan fingerprint density at radius 2 is 1.91 bits per heavy atom. The lowest BCUT2D eigenvalue weighted by Gasteiger charge is -2.32. The van der Waals surface area contributed by atoms with Gasteiger partial charge in [0.15, 0.2) is 5.82 Å². The topological polar surface area (TPSA) is 76.6 Å². The first kappa shape index (κ1) is 21.6. The third kappa shape index (κ3) is 4.66. The number of hydrogen-bond acceptors (Lipinski definition) is 6. The van der Waals surface area contributed by atoms with Crippen molar-refractivity contribution in [3.8, 4) is 22.8 Å². The maximum Gasteiger partial charge on any atom is 0.229 e. The molecular weight excluding hydrogens is 404 g/mol. The van der Waals surface area contributed by atoms with Crippen LogP contribution in [0.2, 0.25) is 0 Å². The van der Waals surface area contributed by atoms with Gasteiger partial charge in [-0.15, -0.1) is 10.2 Å². The molecule has 2 heterocycles. The number of piperidine rings is 1. The number of amides is 1. The number of ether oxygens (including phenoxy) is 2. The monoisotopic (exact) mass is 432 g/mol. The molecule has 0 bridgehead atoms. The molecule has 1 N–H and O–H groups in total. The molecule has 3 aromatic rings. The van der Waals surface area contributed by atoms with Crippen molar-refractivity contribution in [2.45, 2.75) is 19.8 Å². The van der Waals surface area contributed by atoms with Gasteiger partial charge in [0.1, 0.15) is 11.5 Å². The molecule has 1 aliphatic rings. The smallest absolute Gasteiger partial charge is 0.229 e. The number of benzene rings is 2. The predicted octanol–water partition coefficient (Wildman–Crippen LogP) is 4.32. The number of carbonyl (C=O) groups excluding carboxylic acids is 1. The van der Waals surface area contributed by atoms with Crippen LogP contribution in [0.15, 0.2) is 54.6 Å². The number of hydrogen-bond donors (Lipinski definition) is 1. The highest BCUT2D eigenvalue weighted by atomic mass is 16.5. The van der Waals surface area contributed by atoms with Crippen molar-refractivity contribution in [2.75, 3.05) is 37.5 Å². The molecule has 1 fully saturated rings. The van der Waals surface area contributed by atoms with Crippen LogP contribution in [0.1, 0.15) is 18.4 Å². The van der Waals surface area contributed by atoms with Gasteiger partial charge in [-0.25, -0.2) is 0 Å². The number of rotatable bonds is 6. The summed E-state index contributed by atoms with van der Waals surface area (Å²) in [5.41, 5.74) is 3.70. The number of nitrogens with one attached hydrogen (secondary N) is 1. The zero-order valence-corrected chi connectivity index (χ0v) is 18.7. The Balaban J connectivity index is 1.45. The number of anilines is 2. The number of methoxy groups -OCH3 is 2. The van der Waals surface area contributed by atoms with Gasteiger partial charge < -0.3 is 19.7 Å². The minimum absolute atomic E-state index is 0.0363. The van der Waals surface area contributed by atoms with Crippen molar-refractivity contribution in [3.63, 3.8) is 0 Å². The molecule has 0 radical (unpaired) electrons. The standard InChI is InChI=1S/C25H28N4O3/c1-17-7-4-5-9-20(17)21-11-13-24(28-27-21)29-14-6-8-18(16-29)25(30)26-22-15-19(31-2)10-12-23(22)32-3/h4-5,7,9-13,15,18H,6,8,14,16H2,1-3H3,(H,26,30). The third-order valence-electron chi connectivity index (χ3n) is 5.85. The highest BCUT2D eigenvalue weighted by Gasteiger charge is 2.27. The molecule has 2 aromatic carbocycles. The summed E-state index contributed by atoms with van der Waals surface area (Å²) in [6.45, 7) is 3.51. The van der Waals surface area contributed by atoms with E-state index in [0.29, 0.717) is 23.7 Å². The molecular formula is C25H28N4O3. The maximum atomic E-state index is 13.0. The van der Waals surface area contributed by atoms with E-state index in [9.17, 15) is 4.79 Å². The van der Waals surface area contributed by atoms with E-state index in [1.807, 2.05) is 30.3 Å². The fourth-order valence-corrected chi connectivity index (χ4v) is 4.04. The summed E-state index contributed by atoms with van der Waals surface area (Å²) in [5.74, 6) is 1.86. The SMILES string of the molecule is COc1ccc(OC)c(NC(=O)C2CCCN(c3ccc(-c4ccccc4C)nn3)C2)c1. The summed E-state index contributed by atoms with van der Waals surface area (Å²) in [5, 5.41) is 11.9. The van der Waals surface area contributed by atoms with E-state index in [4.69, 9.17) is 9.47 Å². The molecule has 7 nitrogen and oxygen atoms in total. The van der Waals surface area contributed by atoms with Gasteiger partial charge in [-0.1, -0.05) is 24.3 Å². The van der Waals surface area contributed by atoms with E-state index in [1.54, 1.807) is 32.4 Å². The van der Waals surface area contributed by atoms with Crippen LogP contribution in [0.3, 0.4) is 0 Å². The third-order valence-corrected chi connectivity index (χ3v) is 5.85. The Morgan fingerprint density at radius 3 is 2.62 bits per heavy atom. The maximum absolute atomic E-state index is 13.0. The lowest BCUT2D eigenvalue weighted by Crippen LogP contribution is -2.41. The first-order valence-electron chi connectivity index (χ1n) is 10.8. The molecule has 1 saturated heterocycles. The van der Waals surface area contributed by atoms with Gasteiger partial charge in [-0.2, -0.15) is 0 Å². The lowest BCUT2D eigenvalue weighted by molar-refractivity contribution is -0.120. The van der Waals surface area contributed by atoms with Gasteiger partial charge in [0.25, 0.3) is 0 Å². The Kier molecular flexibility index (Phi) is 6.54. The van der Waals surface area contributed by atoms with Crippen LogP contribution in [-0.4, -0.2) is 43.4 Å². The van der Waals surface area contributed by atoms with Crippen molar-refractivity contribution >= 4 is 17.4 Å². The van der Waals surface area contributed by atoms with E-state index in [0.717, 1.165) is 42.0 Å². The molecule has 0 aliphatic carbocycles. The summed E-state index contributed by atoms with van der Waals surface area (Å²) in [6, 6.07) is 17.5. The second-order valence-corrected chi connectivity index (χ2v) is 7.93. The minimum Gasteiger partial charge on any atom is -0.497 e. The van der Waals surface area contributed by atoms with E-state index in [2.05, 4.69) is 33.4 Å². The van der Waals surface area contributed by atoms with E-state index >= 15 is 0 Å². The van der Waals surface area contributed by atoms with Crippen LogP contribution in [0, 0.1) is 12.8 Å². The van der Waals surface area contributed by atoms with Crippen molar-refractivity contribution in [2.24, 2.45) is 5.92 Å². The normalized spacial score (nSPS) is 15.8. The number of aryl methyl sites for hydroxylation is 1. The Hall–Kier alpha value is -3.61. The molecule has 0 saturated carbocycles. The average Bonchev–Trinajstić information content (AvgIpc) is 2.84. The second-order valence-electron chi connectivity index (χ2n) is 7.93. The molecule has 32 heavy (non-hydrogen) atoms. The predicted molar refractivity (Wildman–Crippen MR) is 125 cm³/mol. The lowest BCUT2D eigenvalue weighted by atomic mass is 9.97. The largest absolute Gasteiger partial charge is 0.497 e. The Bertz CT molecular complexity index is 1080. The van der Waals surface area contributed by atoms with Gasteiger partial charge in [-0.3, -0.25) is 4.79 Å². The number of carbonyl (C=O) groups is 1. The number of aromatic nitrogens is 2. The van der Waals surface area contributed by atoms with Crippen LogP contribution < -0.4 is 19.7 Å². The van der Waals surface area contributed by atoms with Crippen molar-refractivity contribution in [3.05, 3.63) is 60.2 Å². The second kappa shape index (κ2) is 9.68. The zero-order valence-electron chi connectivity index (χ0n) is 18.7. The molecule has 7 heteroatoms. The molecule has 1 atom stereocenters. The van der Waals surface area contributed by atoms with Gasteiger partial charge in [-0.05, 0) is 49.6 Å². The molecule has 1 unspecified atom stereocenters. The minimum atomic E-state index is -0.155. The highest BCUT2D eigenvalue weighted by molar-refractivity contribution is 5.94. The van der Waals surface area contributed by atoms with Crippen LogP contribution in [0.25, 0.3) is 11.3 Å². The van der Waals surface area contributed by atoms with Crippen molar-refractivity contribution in [1.29, 1.82) is 0 Å². The Morgan fingerprint density at radius 1 is 1.06 bits per heavy atom. The van der Waals surface area contributed by atoms with Gasteiger partial charge in [0.2, 0.25) is 5.91 Å². The fraction of sp³-hybridized carbons (Fsp3) is 0.320. The molecule has 4 rings (SSSR count). The van der Waals surface area contributed by atoms with Crippen LogP contribution in [-0.2, 0) is 4.79 Å². The summed E-state index contributed by atoms with van der Waals surface area (Å²) >= 11 is 0. The molecule has 1 amide bonds. The summed E-state index contributed by atoms with van der Waals surface area (Å²) in [6.07, 6.45) is 1.73. The molecule has 0 spiro atoms. The quantitative estimate of drug-likeness (QED) is 0.625. The van der Waals surface area contributed by atoms with Crippen LogP contribution >= 0.6 is 0 Å². The van der Waals surface area contributed by atoms with Crippen molar-refractivity contribution in [1.82, 2.24) is 10.2 Å². The first-order valence-corrected chi connectivity index (χ1v) is 10.8. The Labute approximate surface area is 188 Å². The summed E-state index contributed by atoms with van der Waals surface area (Å²) in [4.78, 5) is 15.1. The van der Waals surface area contributed by atoms with Gasteiger partial charge >= 0.3 is 0 Å². The van der Waals surface area contributed by atoms with Gasteiger partial charge in [0.05, 0.1) is 31.5 Å². The molecule has 166 valence electrons. The first-order chi connectivity index (χ1) is 15.6.